The fourth-order valence-corrected chi connectivity index (χ4v) is 2.74. The topological polar surface area (TPSA) is 60.7 Å². The van der Waals surface area contributed by atoms with Crippen molar-refractivity contribution in [3.8, 4) is 0 Å². The SMILES string of the molecule is CN=C(NCCCn1cccn1)NCC(C)N1CCN(C)CC1.I. The number of halogens is 1. The molecule has 0 bridgehead atoms. The molecule has 24 heavy (non-hydrogen) atoms. The van der Waals surface area contributed by atoms with E-state index < -0.39 is 0 Å². The van der Waals surface area contributed by atoms with Gasteiger partial charge in [0.15, 0.2) is 5.96 Å². The summed E-state index contributed by atoms with van der Waals surface area (Å²) in [7, 11) is 4.01. The number of likely N-dealkylation sites (N-methyl/N-ethyl adjacent to an activating group) is 1. The zero-order valence-electron chi connectivity index (χ0n) is 15.1. The molecule has 0 amide bonds. The predicted octanol–water partition coefficient (Wildman–Crippen LogP) is 0.692. The van der Waals surface area contributed by atoms with Crippen LogP contribution in [0.3, 0.4) is 0 Å². The summed E-state index contributed by atoms with van der Waals surface area (Å²) < 4.78 is 1.95. The van der Waals surface area contributed by atoms with Crippen LogP contribution in [0, 0.1) is 0 Å². The number of hydrogen-bond acceptors (Lipinski definition) is 4. The van der Waals surface area contributed by atoms with Gasteiger partial charge in [-0.2, -0.15) is 5.10 Å². The van der Waals surface area contributed by atoms with Gasteiger partial charge in [0, 0.05) is 71.3 Å². The van der Waals surface area contributed by atoms with Gasteiger partial charge < -0.3 is 15.5 Å². The van der Waals surface area contributed by atoms with Crippen molar-refractivity contribution < 1.29 is 0 Å². The number of aliphatic imine (C=N–C) groups is 1. The molecule has 1 unspecified atom stereocenters. The van der Waals surface area contributed by atoms with Crippen molar-refractivity contribution in [2.45, 2.75) is 25.9 Å². The van der Waals surface area contributed by atoms with Gasteiger partial charge in [0.2, 0.25) is 0 Å². The molecule has 1 aromatic rings. The lowest BCUT2D eigenvalue weighted by atomic mass is 10.2. The Morgan fingerprint density at radius 2 is 2.00 bits per heavy atom. The second-order valence-corrected chi connectivity index (χ2v) is 6.19. The summed E-state index contributed by atoms with van der Waals surface area (Å²) in [5.74, 6) is 0.881. The number of nitrogens with zero attached hydrogens (tertiary/aromatic N) is 5. The maximum Gasteiger partial charge on any atom is 0.191 e. The van der Waals surface area contributed by atoms with Crippen molar-refractivity contribution in [3.63, 3.8) is 0 Å². The summed E-state index contributed by atoms with van der Waals surface area (Å²) in [5.41, 5.74) is 0. The maximum atomic E-state index is 4.30. The molecule has 1 atom stereocenters. The van der Waals surface area contributed by atoms with Gasteiger partial charge in [-0.1, -0.05) is 0 Å². The highest BCUT2D eigenvalue weighted by Gasteiger charge is 2.18. The van der Waals surface area contributed by atoms with E-state index >= 15 is 0 Å². The van der Waals surface area contributed by atoms with Gasteiger partial charge >= 0.3 is 0 Å². The van der Waals surface area contributed by atoms with Crippen LogP contribution in [0.5, 0.6) is 0 Å². The Kier molecular flexibility index (Phi) is 10.3. The molecule has 138 valence electrons. The van der Waals surface area contributed by atoms with E-state index in [1.807, 2.05) is 30.2 Å². The number of aromatic nitrogens is 2. The van der Waals surface area contributed by atoms with Crippen LogP contribution in [0.2, 0.25) is 0 Å². The Labute approximate surface area is 162 Å². The number of rotatable bonds is 7. The number of piperazine rings is 1. The smallest absolute Gasteiger partial charge is 0.191 e. The van der Waals surface area contributed by atoms with Crippen molar-refractivity contribution in [1.29, 1.82) is 0 Å². The minimum absolute atomic E-state index is 0. The zero-order chi connectivity index (χ0) is 16.5. The largest absolute Gasteiger partial charge is 0.356 e. The lowest BCUT2D eigenvalue weighted by Crippen LogP contribution is -2.52. The molecule has 7 nitrogen and oxygen atoms in total. The Bertz CT molecular complexity index is 455. The van der Waals surface area contributed by atoms with Gasteiger partial charge in [-0.25, -0.2) is 0 Å². The quantitative estimate of drug-likeness (QED) is 0.278. The number of guanidine groups is 1. The van der Waals surface area contributed by atoms with Gasteiger partial charge in [-0.15, -0.1) is 24.0 Å². The van der Waals surface area contributed by atoms with Crippen LogP contribution in [-0.4, -0.2) is 84.9 Å². The Balaban J connectivity index is 0.00000288. The first kappa shape index (κ1) is 21.2. The highest BCUT2D eigenvalue weighted by Crippen LogP contribution is 2.03. The molecular formula is C16H32IN7. The lowest BCUT2D eigenvalue weighted by molar-refractivity contribution is 0.120. The van der Waals surface area contributed by atoms with Gasteiger partial charge in [-0.3, -0.25) is 14.6 Å². The number of aryl methyl sites for hydroxylation is 1. The molecule has 1 aliphatic rings. The van der Waals surface area contributed by atoms with E-state index in [9.17, 15) is 0 Å². The molecule has 1 aromatic heterocycles. The Hall–Kier alpha value is -0.870. The molecule has 2 rings (SSSR count). The van der Waals surface area contributed by atoms with E-state index in [-0.39, 0.29) is 24.0 Å². The first-order chi connectivity index (χ1) is 11.2. The van der Waals surface area contributed by atoms with Gasteiger partial charge in [0.05, 0.1) is 0 Å². The number of nitrogens with one attached hydrogen (secondary N) is 2. The predicted molar refractivity (Wildman–Crippen MR) is 110 cm³/mol. The molecule has 8 heteroatoms. The van der Waals surface area contributed by atoms with Crippen molar-refractivity contribution in [3.05, 3.63) is 18.5 Å². The summed E-state index contributed by atoms with van der Waals surface area (Å²) in [5, 5.41) is 11.0. The fourth-order valence-electron chi connectivity index (χ4n) is 2.74. The molecule has 0 spiro atoms. The molecule has 0 radical (unpaired) electrons. The van der Waals surface area contributed by atoms with Crippen molar-refractivity contribution in [2.75, 3.05) is 53.4 Å². The first-order valence-electron chi connectivity index (χ1n) is 8.53. The third kappa shape index (κ3) is 7.35. The van der Waals surface area contributed by atoms with E-state index in [4.69, 9.17) is 0 Å². The second-order valence-electron chi connectivity index (χ2n) is 6.19. The lowest BCUT2D eigenvalue weighted by Gasteiger charge is -2.36. The molecule has 2 N–H and O–H groups in total. The van der Waals surface area contributed by atoms with Crippen molar-refractivity contribution in [2.24, 2.45) is 4.99 Å². The molecule has 0 aliphatic carbocycles. The van der Waals surface area contributed by atoms with E-state index in [2.05, 4.69) is 44.5 Å². The summed E-state index contributed by atoms with van der Waals surface area (Å²) >= 11 is 0. The molecule has 1 fully saturated rings. The van der Waals surface area contributed by atoms with Crippen LogP contribution in [0.4, 0.5) is 0 Å². The Morgan fingerprint density at radius 1 is 1.25 bits per heavy atom. The molecule has 1 aliphatic heterocycles. The average Bonchev–Trinajstić information content (AvgIpc) is 3.08. The van der Waals surface area contributed by atoms with Crippen molar-refractivity contribution >= 4 is 29.9 Å². The van der Waals surface area contributed by atoms with Gasteiger partial charge in [-0.05, 0) is 26.5 Å². The van der Waals surface area contributed by atoms with Crippen LogP contribution in [0.15, 0.2) is 23.5 Å². The van der Waals surface area contributed by atoms with Crippen LogP contribution in [0.25, 0.3) is 0 Å². The van der Waals surface area contributed by atoms with Crippen LogP contribution >= 0.6 is 24.0 Å². The van der Waals surface area contributed by atoms with Crippen LogP contribution in [-0.2, 0) is 6.54 Å². The zero-order valence-corrected chi connectivity index (χ0v) is 17.4. The van der Waals surface area contributed by atoms with E-state index in [1.165, 1.54) is 0 Å². The monoisotopic (exact) mass is 449 g/mol. The summed E-state index contributed by atoms with van der Waals surface area (Å²) in [4.78, 5) is 9.22. The van der Waals surface area contributed by atoms with Gasteiger partial charge in [0.1, 0.15) is 0 Å². The number of hydrogen-bond donors (Lipinski definition) is 2. The fraction of sp³-hybridized carbons (Fsp3) is 0.750. The molecule has 0 saturated carbocycles. The van der Waals surface area contributed by atoms with E-state index in [1.54, 1.807) is 0 Å². The van der Waals surface area contributed by atoms with E-state index in [0.29, 0.717) is 6.04 Å². The highest BCUT2D eigenvalue weighted by atomic mass is 127. The third-order valence-electron chi connectivity index (χ3n) is 4.37. The highest BCUT2D eigenvalue weighted by molar-refractivity contribution is 14.0. The van der Waals surface area contributed by atoms with E-state index in [0.717, 1.165) is 58.2 Å². The minimum Gasteiger partial charge on any atom is -0.356 e. The van der Waals surface area contributed by atoms with Crippen LogP contribution < -0.4 is 10.6 Å². The normalized spacial score (nSPS) is 18.0. The summed E-state index contributed by atoms with van der Waals surface area (Å²) in [6.07, 6.45) is 4.83. The molecule has 0 aromatic carbocycles. The molecule has 1 saturated heterocycles. The summed E-state index contributed by atoms with van der Waals surface area (Å²) in [6, 6.07) is 2.47. The molecule has 2 heterocycles. The maximum absolute atomic E-state index is 4.30. The standard InChI is InChI=1S/C16H31N7.HI/c1-15(22-12-10-21(3)11-13-22)14-19-16(17-2)18-6-4-8-23-9-5-7-20-23;/h5,7,9,15H,4,6,8,10-14H2,1-3H3,(H2,17,18,19);1H. The summed E-state index contributed by atoms with van der Waals surface area (Å²) in [6.45, 7) is 9.63. The van der Waals surface area contributed by atoms with Crippen molar-refractivity contribution in [1.82, 2.24) is 30.2 Å². The minimum atomic E-state index is 0. The third-order valence-corrected chi connectivity index (χ3v) is 4.37. The average molecular weight is 449 g/mol. The van der Waals surface area contributed by atoms with Gasteiger partial charge in [0.25, 0.3) is 0 Å². The molecular weight excluding hydrogens is 417 g/mol. The first-order valence-corrected chi connectivity index (χ1v) is 8.53. The van der Waals surface area contributed by atoms with Crippen LogP contribution in [0.1, 0.15) is 13.3 Å². The second kappa shape index (κ2) is 11.6. The Morgan fingerprint density at radius 3 is 2.62 bits per heavy atom.